The minimum atomic E-state index is -0.551. The van der Waals surface area contributed by atoms with E-state index in [2.05, 4.69) is 6.07 Å². The summed E-state index contributed by atoms with van der Waals surface area (Å²) in [5.74, 6) is 0.631. The van der Waals surface area contributed by atoms with Crippen molar-refractivity contribution in [2.24, 2.45) is 0 Å². The highest BCUT2D eigenvalue weighted by Crippen LogP contribution is 2.37. The van der Waals surface area contributed by atoms with E-state index in [0.29, 0.717) is 11.2 Å². The van der Waals surface area contributed by atoms with Crippen molar-refractivity contribution >= 4 is 12.6 Å². The molecule has 0 unspecified atom stereocenters. The number of phenols is 1. The third-order valence-electron chi connectivity index (χ3n) is 3.65. The first-order valence-corrected chi connectivity index (χ1v) is 5.91. The van der Waals surface area contributed by atoms with Crippen molar-refractivity contribution in [2.45, 2.75) is 38.9 Å². The van der Waals surface area contributed by atoms with Crippen LogP contribution < -0.4 is 10.2 Å². The van der Waals surface area contributed by atoms with E-state index in [1.54, 1.807) is 19.2 Å². The van der Waals surface area contributed by atoms with Gasteiger partial charge in [0.1, 0.15) is 11.5 Å². The van der Waals surface area contributed by atoms with Gasteiger partial charge in [0.15, 0.2) is 0 Å². The minimum Gasteiger partial charge on any atom is -0.507 e. The Balaban J connectivity index is 2.37. The largest absolute Gasteiger partial charge is 0.507 e. The van der Waals surface area contributed by atoms with E-state index in [0.717, 1.165) is 0 Å². The van der Waals surface area contributed by atoms with Crippen molar-refractivity contribution in [1.82, 2.24) is 0 Å². The molecule has 0 spiro atoms. The summed E-state index contributed by atoms with van der Waals surface area (Å²) in [7, 11) is 1.01. The number of phenolic OH excluding ortho intramolecular Hbond substituents is 1. The van der Waals surface area contributed by atoms with Crippen LogP contribution in [0.1, 0.15) is 27.7 Å². The molecule has 0 atom stereocenters. The molecule has 1 saturated heterocycles. The molecular weight excluding hydrogens is 231 g/mol. The number of rotatable bonds is 2. The molecule has 1 aliphatic heterocycles. The Hall–Kier alpha value is -1.20. The molecule has 1 aromatic carbocycles. The van der Waals surface area contributed by atoms with Gasteiger partial charge in [-0.2, -0.15) is 0 Å². The average Bonchev–Trinajstić information content (AvgIpc) is 2.48. The second-order valence-electron chi connectivity index (χ2n) is 5.43. The molecule has 97 valence electrons. The topological polar surface area (TPSA) is 47.9 Å². The predicted octanol–water partition coefficient (Wildman–Crippen LogP) is 1.50. The lowest BCUT2D eigenvalue weighted by Crippen LogP contribution is -2.41. The number of methoxy groups -OCH3 is 1. The van der Waals surface area contributed by atoms with Crippen molar-refractivity contribution in [3.63, 3.8) is 0 Å². The van der Waals surface area contributed by atoms with Crippen molar-refractivity contribution in [3.8, 4) is 11.5 Å². The van der Waals surface area contributed by atoms with Crippen LogP contribution in [0.4, 0.5) is 0 Å². The van der Waals surface area contributed by atoms with Crippen LogP contribution in [-0.2, 0) is 9.31 Å². The second kappa shape index (κ2) is 4.18. The zero-order chi connectivity index (χ0) is 13.6. The Morgan fingerprint density at radius 2 is 1.78 bits per heavy atom. The third-order valence-corrected chi connectivity index (χ3v) is 3.65. The highest BCUT2D eigenvalue weighted by Gasteiger charge is 2.52. The van der Waals surface area contributed by atoms with Crippen LogP contribution in [0.5, 0.6) is 11.5 Å². The molecule has 1 N–H and O–H groups in total. The molecule has 0 amide bonds. The summed E-state index contributed by atoms with van der Waals surface area (Å²) in [6, 6.07) is 5.81. The zero-order valence-corrected chi connectivity index (χ0v) is 11.4. The number of ether oxygens (including phenoxy) is 1. The molecule has 1 aliphatic rings. The van der Waals surface area contributed by atoms with Gasteiger partial charge in [-0.1, -0.05) is 0 Å². The molecule has 5 heteroatoms. The average molecular weight is 249 g/mol. The van der Waals surface area contributed by atoms with Crippen molar-refractivity contribution in [3.05, 3.63) is 18.2 Å². The van der Waals surface area contributed by atoms with E-state index in [1.165, 1.54) is 0 Å². The molecule has 4 nitrogen and oxygen atoms in total. The fraction of sp³-hybridized carbons (Fsp3) is 0.538. The van der Waals surface area contributed by atoms with Crippen molar-refractivity contribution in [2.75, 3.05) is 7.11 Å². The van der Waals surface area contributed by atoms with Gasteiger partial charge in [0.05, 0.1) is 18.3 Å². The SMILES string of the molecule is COc1c[c]c(O)cc1B1OC(C)(C)C(C)(C)O1. The Kier molecular flexibility index (Phi) is 3.07. The van der Waals surface area contributed by atoms with E-state index >= 15 is 0 Å². The Morgan fingerprint density at radius 3 is 2.28 bits per heavy atom. The summed E-state index contributed by atoms with van der Waals surface area (Å²) in [4.78, 5) is 0. The van der Waals surface area contributed by atoms with Crippen molar-refractivity contribution in [1.29, 1.82) is 0 Å². The molecule has 0 aliphatic carbocycles. The Morgan fingerprint density at radius 1 is 1.22 bits per heavy atom. The van der Waals surface area contributed by atoms with Gasteiger partial charge < -0.3 is 19.2 Å². The fourth-order valence-corrected chi connectivity index (χ4v) is 1.81. The van der Waals surface area contributed by atoms with Gasteiger partial charge in [0.2, 0.25) is 0 Å². The second-order valence-corrected chi connectivity index (χ2v) is 5.43. The van der Waals surface area contributed by atoms with Gasteiger partial charge >= 0.3 is 7.12 Å². The molecule has 0 saturated carbocycles. The molecule has 18 heavy (non-hydrogen) atoms. The van der Waals surface area contributed by atoms with Crippen LogP contribution >= 0.6 is 0 Å². The number of aromatic hydroxyl groups is 1. The first kappa shape index (κ1) is 13.2. The molecule has 1 fully saturated rings. The highest BCUT2D eigenvalue weighted by atomic mass is 16.7. The van der Waals surface area contributed by atoms with Gasteiger partial charge in [-0.3, -0.25) is 0 Å². The maximum atomic E-state index is 9.53. The highest BCUT2D eigenvalue weighted by molar-refractivity contribution is 6.63. The normalized spacial score (nSPS) is 21.1. The van der Waals surface area contributed by atoms with Gasteiger partial charge in [-0.25, -0.2) is 0 Å². The lowest BCUT2D eigenvalue weighted by atomic mass is 9.78. The van der Waals surface area contributed by atoms with Gasteiger partial charge in [-0.15, -0.1) is 0 Å². The van der Waals surface area contributed by atoms with E-state index in [9.17, 15) is 5.11 Å². The van der Waals surface area contributed by atoms with Gasteiger partial charge in [-0.05, 0) is 39.8 Å². The first-order valence-electron chi connectivity index (χ1n) is 5.91. The zero-order valence-electron chi connectivity index (χ0n) is 11.4. The van der Waals surface area contributed by atoms with Crippen LogP contribution in [0, 0.1) is 6.07 Å². The van der Waals surface area contributed by atoms with E-state index in [4.69, 9.17) is 14.0 Å². The van der Waals surface area contributed by atoms with Crippen molar-refractivity contribution < 1.29 is 19.2 Å². The molecule has 1 heterocycles. The summed E-state index contributed by atoms with van der Waals surface area (Å²) in [5.41, 5.74) is -0.164. The summed E-state index contributed by atoms with van der Waals surface area (Å²) in [6.07, 6.45) is 0. The van der Waals surface area contributed by atoms with Crippen LogP contribution in [0.3, 0.4) is 0 Å². The number of hydrogen-bond acceptors (Lipinski definition) is 4. The summed E-state index contributed by atoms with van der Waals surface area (Å²) in [6.45, 7) is 7.92. The fourth-order valence-electron chi connectivity index (χ4n) is 1.81. The van der Waals surface area contributed by atoms with E-state index in [-0.39, 0.29) is 5.75 Å². The van der Waals surface area contributed by atoms with Crippen LogP contribution in [-0.4, -0.2) is 30.5 Å². The number of benzene rings is 1. The maximum Gasteiger partial charge on any atom is 0.498 e. The molecule has 0 aromatic heterocycles. The molecule has 2 rings (SSSR count). The van der Waals surface area contributed by atoms with Crippen LogP contribution in [0.15, 0.2) is 12.1 Å². The maximum absolute atomic E-state index is 9.53. The lowest BCUT2D eigenvalue weighted by Gasteiger charge is -2.32. The lowest BCUT2D eigenvalue weighted by molar-refractivity contribution is 0.00578. The van der Waals surface area contributed by atoms with Gasteiger partial charge in [0, 0.05) is 11.5 Å². The summed E-state index contributed by atoms with van der Waals surface area (Å²) >= 11 is 0. The smallest absolute Gasteiger partial charge is 0.498 e. The van der Waals surface area contributed by atoms with Crippen LogP contribution in [0.2, 0.25) is 0 Å². The molecule has 1 aromatic rings. The first-order chi connectivity index (χ1) is 8.27. The van der Waals surface area contributed by atoms with Gasteiger partial charge in [0.25, 0.3) is 0 Å². The minimum absolute atomic E-state index is 0.0421. The monoisotopic (exact) mass is 249 g/mol. The Bertz CT molecular complexity index is 440. The van der Waals surface area contributed by atoms with E-state index < -0.39 is 18.3 Å². The predicted molar refractivity (Wildman–Crippen MR) is 69.2 cm³/mol. The molecule has 0 bridgehead atoms. The van der Waals surface area contributed by atoms with Crippen LogP contribution in [0.25, 0.3) is 0 Å². The summed E-state index contributed by atoms with van der Waals surface area (Å²) < 4.78 is 17.1. The quantitative estimate of drug-likeness (QED) is 0.807. The molecule has 1 radical (unpaired) electrons. The Labute approximate surface area is 108 Å². The third kappa shape index (κ3) is 2.08. The standard InChI is InChI=1S/C13H18BO4/c1-12(2)13(3,4)18-14(17-12)10-8-9(15)6-7-11(10)16-5/h7-8,15H,1-5H3. The molecular formula is C13H18BO4. The van der Waals surface area contributed by atoms with E-state index in [1.807, 2.05) is 27.7 Å². The number of hydrogen-bond donors (Lipinski definition) is 1. The summed E-state index contributed by atoms with van der Waals surface area (Å²) in [5, 5.41) is 9.53.